The second-order valence-electron chi connectivity index (χ2n) is 4.17. The normalized spacial score (nSPS) is 15.0. The molecule has 5 heteroatoms. The Kier molecular flexibility index (Phi) is 3.74. The van der Waals surface area contributed by atoms with Gasteiger partial charge in [-0.15, -0.1) is 0 Å². The molecule has 17 heavy (non-hydrogen) atoms. The molecule has 0 bridgehead atoms. The van der Waals surface area contributed by atoms with E-state index in [4.69, 9.17) is 17.3 Å². The van der Waals surface area contributed by atoms with E-state index in [1.807, 2.05) is 4.90 Å². The fourth-order valence-electron chi connectivity index (χ4n) is 1.94. The van der Waals surface area contributed by atoms with Crippen molar-refractivity contribution in [3.63, 3.8) is 0 Å². The fourth-order valence-corrected chi connectivity index (χ4v) is 2.12. The highest BCUT2D eigenvalue weighted by Crippen LogP contribution is 2.22. The van der Waals surface area contributed by atoms with E-state index in [9.17, 15) is 4.79 Å². The van der Waals surface area contributed by atoms with E-state index in [0.717, 1.165) is 31.6 Å². The zero-order chi connectivity index (χ0) is 12.3. The second kappa shape index (κ2) is 5.27. The highest BCUT2D eigenvalue weighted by atomic mass is 35.5. The molecule has 1 heterocycles. The van der Waals surface area contributed by atoms with Crippen molar-refractivity contribution in [3.8, 4) is 0 Å². The number of likely N-dealkylation sites (tertiary alicyclic amines) is 1. The Balaban J connectivity index is 1.90. The first kappa shape index (κ1) is 12.0. The minimum absolute atomic E-state index is 0.122. The van der Waals surface area contributed by atoms with Crippen molar-refractivity contribution in [3.05, 3.63) is 23.2 Å². The summed E-state index contributed by atoms with van der Waals surface area (Å²) in [5.41, 5.74) is 7.10. The number of rotatable bonds is 3. The van der Waals surface area contributed by atoms with Crippen LogP contribution in [-0.2, 0) is 4.79 Å². The van der Waals surface area contributed by atoms with Gasteiger partial charge < -0.3 is 16.0 Å². The molecule has 3 N–H and O–H groups in total. The van der Waals surface area contributed by atoms with E-state index in [0.29, 0.717) is 10.7 Å². The number of amides is 1. The predicted octanol–water partition coefficient (Wildman–Crippen LogP) is 1.96. The van der Waals surface area contributed by atoms with Crippen LogP contribution in [0.3, 0.4) is 0 Å². The number of nitrogen functional groups attached to an aromatic ring is 1. The summed E-state index contributed by atoms with van der Waals surface area (Å²) in [5.74, 6) is 0.122. The minimum atomic E-state index is 0.122. The number of hydrogen-bond donors (Lipinski definition) is 2. The van der Waals surface area contributed by atoms with Gasteiger partial charge in [0.05, 0.1) is 17.9 Å². The van der Waals surface area contributed by atoms with Crippen molar-refractivity contribution >= 4 is 28.9 Å². The number of carbonyl (C=O) groups is 1. The molecule has 1 amide bonds. The van der Waals surface area contributed by atoms with Gasteiger partial charge in [-0.2, -0.15) is 0 Å². The van der Waals surface area contributed by atoms with Crippen molar-refractivity contribution in [2.75, 3.05) is 30.7 Å². The molecule has 1 aliphatic rings. The number of anilines is 2. The van der Waals surface area contributed by atoms with Crippen LogP contribution in [0.15, 0.2) is 18.2 Å². The quantitative estimate of drug-likeness (QED) is 0.810. The lowest BCUT2D eigenvalue weighted by Crippen LogP contribution is -2.33. The maximum atomic E-state index is 11.8. The van der Waals surface area contributed by atoms with Gasteiger partial charge in [0.2, 0.25) is 5.91 Å². The Morgan fingerprint density at radius 3 is 2.76 bits per heavy atom. The predicted molar refractivity (Wildman–Crippen MR) is 70.2 cm³/mol. The van der Waals surface area contributed by atoms with Gasteiger partial charge in [-0.1, -0.05) is 11.6 Å². The number of nitrogens with two attached hydrogens (primary N) is 1. The van der Waals surface area contributed by atoms with Crippen LogP contribution < -0.4 is 11.1 Å². The van der Waals surface area contributed by atoms with Crippen LogP contribution in [0, 0.1) is 0 Å². The van der Waals surface area contributed by atoms with Crippen LogP contribution in [0.2, 0.25) is 5.02 Å². The lowest BCUT2D eigenvalue weighted by molar-refractivity contribution is -0.128. The number of halogens is 1. The van der Waals surface area contributed by atoms with Gasteiger partial charge >= 0.3 is 0 Å². The highest BCUT2D eigenvalue weighted by Gasteiger charge is 2.17. The zero-order valence-corrected chi connectivity index (χ0v) is 10.3. The van der Waals surface area contributed by atoms with Crippen LogP contribution in [0.25, 0.3) is 0 Å². The van der Waals surface area contributed by atoms with Crippen LogP contribution in [0.1, 0.15) is 12.8 Å². The average Bonchev–Trinajstić information content (AvgIpc) is 2.81. The molecule has 0 atom stereocenters. The van der Waals surface area contributed by atoms with Gasteiger partial charge in [0, 0.05) is 18.1 Å². The molecule has 0 aromatic heterocycles. The summed E-state index contributed by atoms with van der Waals surface area (Å²) in [4.78, 5) is 13.7. The Morgan fingerprint density at radius 1 is 1.41 bits per heavy atom. The third-order valence-electron chi connectivity index (χ3n) is 2.90. The lowest BCUT2D eigenvalue weighted by atomic mass is 10.2. The maximum absolute atomic E-state index is 11.8. The van der Waals surface area contributed by atoms with E-state index in [-0.39, 0.29) is 12.5 Å². The molecule has 0 spiro atoms. The monoisotopic (exact) mass is 253 g/mol. The van der Waals surface area contributed by atoms with E-state index in [2.05, 4.69) is 5.32 Å². The van der Waals surface area contributed by atoms with Crippen molar-refractivity contribution < 1.29 is 4.79 Å². The first-order valence-corrected chi connectivity index (χ1v) is 6.11. The molecule has 1 fully saturated rings. The maximum Gasteiger partial charge on any atom is 0.241 e. The molecule has 0 saturated carbocycles. The molecular formula is C12H16ClN3O. The highest BCUT2D eigenvalue weighted by molar-refractivity contribution is 6.31. The molecule has 0 unspecified atom stereocenters. The van der Waals surface area contributed by atoms with Crippen molar-refractivity contribution in [2.45, 2.75) is 12.8 Å². The Bertz CT molecular complexity index is 416. The number of hydrogen-bond acceptors (Lipinski definition) is 3. The summed E-state index contributed by atoms with van der Waals surface area (Å²) in [6, 6.07) is 5.21. The number of nitrogens with one attached hydrogen (secondary N) is 1. The molecule has 0 aliphatic carbocycles. The largest absolute Gasteiger partial charge is 0.397 e. The summed E-state index contributed by atoms with van der Waals surface area (Å²) < 4.78 is 0. The molecule has 1 aromatic carbocycles. The Hall–Kier alpha value is -1.42. The minimum Gasteiger partial charge on any atom is -0.397 e. The molecule has 4 nitrogen and oxygen atoms in total. The lowest BCUT2D eigenvalue weighted by Gasteiger charge is -2.16. The molecule has 92 valence electrons. The van der Waals surface area contributed by atoms with Crippen LogP contribution in [0.4, 0.5) is 11.4 Å². The molecule has 2 rings (SSSR count). The Morgan fingerprint density at radius 2 is 2.12 bits per heavy atom. The molecule has 1 aliphatic heterocycles. The average molecular weight is 254 g/mol. The van der Waals surface area contributed by atoms with Gasteiger partial charge in [0.25, 0.3) is 0 Å². The summed E-state index contributed by atoms with van der Waals surface area (Å²) in [7, 11) is 0. The molecule has 0 radical (unpaired) electrons. The van der Waals surface area contributed by atoms with Crippen LogP contribution in [-0.4, -0.2) is 30.4 Å². The summed E-state index contributed by atoms with van der Waals surface area (Å²) >= 11 is 5.80. The van der Waals surface area contributed by atoms with Crippen molar-refractivity contribution in [1.29, 1.82) is 0 Å². The van der Waals surface area contributed by atoms with E-state index < -0.39 is 0 Å². The zero-order valence-electron chi connectivity index (χ0n) is 9.58. The SMILES string of the molecule is Nc1cc(Cl)ccc1NCC(=O)N1CCCC1. The van der Waals surface area contributed by atoms with E-state index in [1.165, 1.54) is 0 Å². The second-order valence-corrected chi connectivity index (χ2v) is 4.61. The first-order valence-electron chi connectivity index (χ1n) is 5.73. The first-order chi connectivity index (χ1) is 8.16. The standard InChI is InChI=1S/C12H16ClN3O/c13-9-3-4-11(10(14)7-9)15-8-12(17)16-5-1-2-6-16/h3-4,7,15H,1-2,5-6,8,14H2. The van der Waals surface area contributed by atoms with Crippen LogP contribution >= 0.6 is 11.6 Å². The Labute approximate surface area is 106 Å². The van der Waals surface area contributed by atoms with Gasteiger partial charge in [0.15, 0.2) is 0 Å². The van der Waals surface area contributed by atoms with E-state index in [1.54, 1.807) is 18.2 Å². The number of benzene rings is 1. The smallest absolute Gasteiger partial charge is 0.241 e. The topological polar surface area (TPSA) is 58.4 Å². The fraction of sp³-hybridized carbons (Fsp3) is 0.417. The molecule has 1 saturated heterocycles. The van der Waals surface area contributed by atoms with Gasteiger partial charge in [-0.05, 0) is 31.0 Å². The molecular weight excluding hydrogens is 238 g/mol. The van der Waals surface area contributed by atoms with E-state index >= 15 is 0 Å². The van der Waals surface area contributed by atoms with Crippen molar-refractivity contribution in [1.82, 2.24) is 4.90 Å². The molecule has 1 aromatic rings. The summed E-state index contributed by atoms with van der Waals surface area (Å²) in [6.45, 7) is 2.03. The van der Waals surface area contributed by atoms with Crippen LogP contribution in [0.5, 0.6) is 0 Å². The van der Waals surface area contributed by atoms with Gasteiger partial charge in [-0.25, -0.2) is 0 Å². The summed E-state index contributed by atoms with van der Waals surface area (Å²) in [6.07, 6.45) is 2.21. The number of nitrogens with zero attached hydrogens (tertiary/aromatic N) is 1. The summed E-state index contributed by atoms with van der Waals surface area (Å²) in [5, 5.41) is 3.64. The van der Waals surface area contributed by atoms with Gasteiger partial charge in [-0.3, -0.25) is 4.79 Å². The van der Waals surface area contributed by atoms with Gasteiger partial charge in [0.1, 0.15) is 0 Å². The third-order valence-corrected chi connectivity index (χ3v) is 3.14. The third kappa shape index (κ3) is 3.03. The van der Waals surface area contributed by atoms with Crippen molar-refractivity contribution in [2.24, 2.45) is 0 Å². The number of carbonyl (C=O) groups excluding carboxylic acids is 1.